The molecule has 0 aliphatic carbocycles. The van der Waals surface area contributed by atoms with Gasteiger partial charge < -0.3 is 19.4 Å². The number of nitrogens with one attached hydrogen (secondary N) is 1. The van der Waals surface area contributed by atoms with Crippen LogP contribution in [0.4, 0.5) is 5.82 Å². The highest BCUT2D eigenvalue weighted by molar-refractivity contribution is 5.86. The number of hydrogen-bond acceptors (Lipinski definition) is 5. The number of anilines is 1. The second kappa shape index (κ2) is 6.03. The van der Waals surface area contributed by atoms with Gasteiger partial charge in [-0.05, 0) is 25.5 Å². The molecule has 124 valence electrons. The minimum atomic E-state index is 0.655. The summed E-state index contributed by atoms with van der Waals surface area (Å²) < 4.78 is 11.4. The first-order valence-electron chi connectivity index (χ1n) is 8.11. The van der Waals surface area contributed by atoms with E-state index in [0.29, 0.717) is 6.61 Å². The molecule has 3 heterocycles. The van der Waals surface area contributed by atoms with E-state index in [4.69, 9.17) is 14.5 Å². The number of fused-ring (bicyclic) bond motifs is 2. The van der Waals surface area contributed by atoms with Crippen LogP contribution < -0.4 is 14.4 Å². The van der Waals surface area contributed by atoms with Gasteiger partial charge in [0.2, 0.25) is 0 Å². The Kier molecular flexibility index (Phi) is 3.72. The lowest BCUT2D eigenvalue weighted by atomic mass is 10.1. The molecule has 6 nitrogen and oxygen atoms in total. The Morgan fingerprint density at radius 3 is 3.04 bits per heavy atom. The van der Waals surface area contributed by atoms with Crippen molar-refractivity contribution in [1.29, 1.82) is 0 Å². The van der Waals surface area contributed by atoms with Crippen molar-refractivity contribution in [2.45, 2.75) is 19.9 Å². The average Bonchev–Trinajstić information content (AvgIpc) is 3.02. The number of para-hydroxylation sites is 1. The molecule has 0 radical (unpaired) electrons. The highest BCUT2D eigenvalue weighted by Gasteiger charge is 2.20. The van der Waals surface area contributed by atoms with E-state index in [2.05, 4.69) is 20.9 Å². The van der Waals surface area contributed by atoms with E-state index in [-0.39, 0.29) is 0 Å². The van der Waals surface area contributed by atoms with Crippen LogP contribution >= 0.6 is 0 Å². The molecule has 1 aromatic carbocycles. The first kappa shape index (κ1) is 14.8. The van der Waals surface area contributed by atoms with E-state index in [1.54, 1.807) is 7.11 Å². The Bertz CT molecular complexity index is 875. The number of nitrogens with zero attached hydrogens (tertiary/aromatic N) is 3. The fraction of sp³-hybridized carbons (Fsp3) is 0.333. The van der Waals surface area contributed by atoms with Gasteiger partial charge in [0.15, 0.2) is 17.3 Å². The van der Waals surface area contributed by atoms with Crippen LogP contribution in [0.15, 0.2) is 30.5 Å². The minimum Gasteiger partial charge on any atom is -0.493 e. The lowest BCUT2D eigenvalue weighted by Gasteiger charge is -2.28. The highest BCUT2D eigenvalue weighted by atomic mass is 16.5. The van der Waals surface area contributed by atoms with Gasteiger partial charge in [-0.2, -0.15) is 0 Å². The van der Waals surface area contributed by atoms with Gasteiger partial charge in [-0.25, -0.2) is 9.97 Å². The normalized spacial score (nSPS) is 14.7. The first-order chi connectivity index (χ1) is 11.8. The van der Waals surface area contributed by atoms with Crippen molar-refractivity contribution >= 4 is 16.9 Å². The summed E-state index contributed by atoms with van der Waals surface area (Å²) in [7, 11) is 1.67. The van der Waals surface area contributed by atoms with Crippen molar-refractivity contribution in [2.24, 2.45) is 0 Å². The number of aryl methyl sites for hydroxylation is 1. The molecule has 1 aliphatic rings. The lowest BCUT2D eigenvalue weighted by Crippen LogP contribution is -2.29. The van der Waals surface area contributed by atoms with Gasteiger partial charge in [0.25, 0.3) is 0 Å². The number of H-pyrrole nitrogens is 1. The number of hydrogen-bond donors (Lipinski definition) is 1. The molecule has 24 heavy (non-hydrogen) atoms. The summed E-state index contributed by atoms with van der Waals surface area (Å²) in [4.78, 5) is 14.7. The Hall–Kier alpha value is -2.76. The van der Waals surface area contributed by atoms with E-state index in [0.717, 1.165) is 59.2 Å². The third-order valence-electron chi connectivity index (χ3n) is 4.26. The summed E-state index contributed by atoms with van der Waals surface area (Å²) in [6.45, 7) is 4.18. The van der Waals surface area contributed by atoms with Crippen LogP contribution in [0, 0.1) is 6.92 Å². The molecular weight excluding hydrogens is 304 g/mol. The maximum Gasteiger partial charge on any atom is 0.166 e. The maximum absolute atomic E-state index is 5.94. The van der Waals surface area contributed by atoms with E-state index in [1.165, 1.54) is 0 Å². The molecule has 3 aromatic rings. The summed E-state index contributed by atoms with van der Waals surface area (Å²) in [5, 5.41) is 0. The van der Waals surface area contributed by atoms with Crippen molar-refractivity contribution in [2.75, 3.05) is 25.2 Å². The van der Waals surface area contributed by atoms with Crippen molar-refractivity contribution in [3.63, 3.8) is 0 Å². The van der Waals surface area contributed by atoms with Crippen LogP contribution in [0.3, 0.4) is 0 Å². The average molecular weight is 324 g/mol. The van der Waals surface area contributed by atoms with E-state index >= 15 is 0 Å². The molecule has 0 fully saturated rings. The lowest BCUT2D eigenvalue weighted by molar-refractivity contribution is 0.281. The Labute approximate surface area is 140 Å². The molecule has 1 aliphatic heterocycles. The van der Waals surface area contributed by atoms with Crippen LogP contribution in [-0.2, 0) is 6.54 Å². The molecule has 6 heteroatoms. The highest BCUT2D eigenvalue weighted by Crippen LogP contribution is 2.34. The quantitative estimate of drug-likeness (QED) is 0.785. The molecular formula is C18H20N4O2. The topological polar surface area (TPSA) is 63.3 Å². The molecule has 0 amide bonds. The standard InChI is InChI=1S/C18H20N4O2/c1-12-20-14-7-8-19-16(14)18(21-12)22-9-4-10-24-17-13(11-22)5-3-6-15(17)23-2/h3,5-8,19H,4,9-11H2,1-2H3. The number of benzene rings is 1. The Morgan fingerprint density at radius 1 is 1.25 bits per heavy atom. The smallest absolute Gasteiger partial charge is 0.166 e. The van der Waals surface area contributed by atoms with E-state index in [9.17, 15) is 0 Å². The second-order valence-electron chi connectivity index (χ2n) is 5.90. The Balaban J connectivity index is 1.79. The molecule has 0 saturated heterocycles. The van der Waals surface area contributed by atoms with Crippen LogP contribution in [0.1, 0.15) is 17.8 Å². The molecule has 0 unspecified atom stereocenters. The van der Waals surface area contributed by atoms with E-state index in [1.807, 2.05) is 31.3 Å². The number of aromatic nitrogens is 3. The monoisotopic (exact) mass is 324 g/mol. The third kappa shape index (κ3) is 2.54. The van der Waals surface area contributed by atoms with Crippen molar-refractivity contribution in [3.05, 3.63) is 41.9 Å². The van der Waals surface area contributed by atoms with Gasteiger partial charge in [-0.3, -0.25) is 0 Å². The van der Waals surface area contributed by atoms with Gasteiger partial charge in [-0.15, -0.1) is 0 Å². The molecule has 2 aromatic heterocycles. The minimum absolute atomic E-state index is 0.655. The van der Waals surface area contributed by atoms with Crippen molar-refractivity contribution in [1.82, 2.24) is 15.0 Å². The molecule has 0 spiro atoms. The molecule has 1 N–H and O–H groups in total. The largest absolute Gasteiger partial charge is 0.493 e. The van der Waals surface area contributed by atoms with Gasteiger partial charge in [-0.1, -0.05) is 12.1 Å². The van der Waals surface area contributed by atoms with Gasteiger partial charge in [0.05, 0.1) is 19.2 Å². The fourth-order valence-electron chi connectivity index (χ4n) is 3.18. The van der Waals surface area contributed by atoms with Gasteiger partial charge in [0, 0.05) is 24.8 Å². The van der Waals surface area contributed by atoms with Crippen LogP contribution in [-0.4, -0.2) is 35.2 Å². The number of methoxy groups -OCH3 is 1. The fourth-order valence-corrected chi connectivity index (χ4v) is 3.18. The number of ether oxygens (including phenoxy) is 2. The molecule has 0 atom stereocenters. The van der Waals surface area contributed by atoms with E-state index < -0.39 is 0 Å². The summed E-state index contributed by atoms with van der Waals surface area (Å²) >= 11 is 0. The van der Waals surface area contributed by atoms with Gasteiger partial charge >= 0.3 is 0 Å². The van der Waals surface area contributed by atoms with Crippen molar-refractivity contribution in [3.8, 4) is 11.5 Å². The summed E-state index contributed by atoms with van der Waals surface area (Å²) in [5.74, 6) is 3.33. The number of rotatable bonds is 2. The van der Waals surface area contributed by atoms with Crippen LogP contribution in [0.2, 0.25) is 0 Å². The van der Waals surface area contributed by atoms with Gasteiger partial charge in [0.1, 0.15) is 11.3 Å². The maximum atomic E-state index is 5.94. The molecule has 4 rings (SSSR count). The summed E-state index contributed by atoms with van der Waals surface area (Å²) in [6.07, 6.45) is 2.83. The van der Waals surface area contributed by atoms with Crippen LogP contribution in [0.25, 0.3) is 11.0 Å². The zero-order chi connectivity index (χ0) is 16.5. The predicted octanol–water partition coefficient (Wildman–Crippen LogP) is 3.06. The summed E-state index contributed by atoms with van der Waals surface area (Å²) in [6, 6.07) is 7.99. The first-order valence-corrected chi connectivity index (χ1v) is 8.11. The third-order valence-corrected chi connectivity index (χ3v) is 4.26. The number of aromatic amines is 1. The zero-order valence-corrected chi connectivity index (χ0v) is 13.9. The van der Waals surface area contributed by atoms with Crippen LogP contribution in [0.5, 0.6) is 11.5 Å². The SMILES string of the molecule is COc1cccc2c1OCCCN(c1nc(C)nc3cc[nH]c13)C2. The molecule has 0 saturated carbocycles. The predicted molar refractivity (Wildman–Crippen MR) is 92.8 cm³/mol. The zero-order valence-electron chi connectivity index (χ0n) is 13.9. The second-order valence-corrected chi connectivity index (χ2v) is 5.90. The Morgan fingerprint density at radius 2 is 2.17 bits per heavy atom. The van der Waals surface area contributed by atoms with Crippen molar-refractivity contribution < 1.29 is 9.47 Å². The molecule has 0 bridgehead atoms. The summed E-state index contributed by atoms with van der Waals surface area (Å²) in [5.41, 5.74) is 3.03.